The summed E-state index contributed by atoms with van der Waals surface area (Å²) in [6.07, 6.45) is 8.74. The number of carbonyl (C=O) groups is 3. The summed E-state index contributed by atoms with van der Waals surface area (Å²) in [6, 6.07) is 25.1. The lowest BCUT2D eigenvalue weighted by molar-refractivity contribution is -0.129. The van der Waals surface area contributed by atoms with Gasteiger partial charge in [0.25, 0.3) is 11.8 Å². The number of likely N-dealkylation sites (N-methyl/N-ethyl adjacent to an activating group) is 1. The second-order valence-electron chi connectivity index (χ2n) is 11.6. The van der Waals surface area contributed by atoms with Gasteiger partial charge in [-0.2, -0.15) is 0 Å². The van der Waals surface area contributed by atoms with Crippen LogP contribution >= 0.6 is 0 Å². The molecule has 3 atom stereocenters. The molecular weight excluding hydrogens is 602 g/mol. The lowest BCUT2D eigenvalue weighted by Crippen LogP contribution is -2.47. The van der Waals surface area contributed by atoms with Crippen molar-refractivity contribution < 1.29 is 24.2 Å². The van der Waals surface area contributed by atoms with Crippen molar-refractivity contribution in [3.05, 3.63) is 132 Å². The molecule has 3 aromatic rings. The maximum Gasteiger partial charge on any atom is 0.258 e. The molecule has 0 aliphatic carbocycles. The largest absolute Gasteiger partial charge is 0.483 e. The first-order chi connectivity index (χ1) is 23.2. The molecule has 8 nitrogen and oxygen atoms in total. The number of para-hydroxylation sites is 2. The van der Waals surface area contributed by atoms with E-state index in [1.165, 1.54) is 0 Å². The fourth-order valence-electron chi connectivity index (χ4n) is 5.37. The number of aliphatic hydroxyl groups is 1. The highest BCUT2D eigenvalue weighted by Crippen LogP contribution is 2.22. The minimum Gasteiger partial charge on any atom is -0.483 e. The number of amides is 2. The van der Waals surface area contributed by atoms with E-state index in [1.807, 2.05) is 137 Å². The van der Waals surface area contributed by atoms with Crippen LogP contribution in [0.2, 0.25) is 0 Å². The Morgan fingerprint density at radius 1 is 0.896 bits per heavy atom. The number of hydrogen-bond acceptors (Lipinski definition) is 6. The molecule has 0 fully saturated rings. The zero-order valence-electron chi connectivity index (χ0n) is 28.7. The van der Waals surface area contributed by atoms with E-state index in [1.54, 1.807) is 6.08 Å². The summed E-state index contributed by atoms with van der Waals surface area (Å²) in [5.41, 5.74) is 5.01. The van der Waals surface area contributed by atoms with Crippen molar-refractivity contribution in [2.45, 2.75) is 64.6 Å². The molecule has 0 aliphatic heterocycles. The number of nitrogens with one attached hydrogen (secondary N) is 2. The van der Waals surface area contributed by atoms with Crippen molar-refractivity contribution >= 4 is 24.3 Å². The normalized spacial score (nSPS) is 13.0. The third-order valence-corrected chi connectivity index (χ3v) is 7.90. The van der Waals surface area contributed by atoms with E-state index in [0.29, 0.717) is 25.7 Å². The molecule has 0 saturated carbocycles. The fourth-order valence-corrected chi connectivity index (χ4v) is 5.37. The predicted molar refractivity (Wildman–Crippen MR) is 195 cm³/mol. The van der Waals surface area contributed by atoms with Crippen LogP contribution in [0.25, 0.3) is 0 Å². The molecule has 256 valence electrons. The average molecular weight is 654 g/mol. The second-order valence-corrected chi connectivity index (χ2v) is 11.6. The van der Waals surface area contributed by atoms with Gasteiger partial charge in [-0.15, -0.1) is 0 Å². The van der Waals surface area contributed by atoms with Gasteiger partial charge in [-0.3, -0.25) is 9.59 Å². The Labute approximate surface area is 286 Å². The summed E-state index contributed by atoms with van der Waals surface area (Å²) in [4.78, 5) is 36.3. The zero-order chi connectivity index (χ0) is 35.3. The minimum atomic E-state index is -1.22. The van der Waals surface area contributed by atoms with Gasteiger partial charge in [0.2, 0.25) is 0 Å². The molecule has 3 N–H and O–H groups in total. The third kappa shape index (κ3) is 13.8. The van der Waals surface area contributed by atoms with Crippen LogP contribution in [0.5, 0.6) is 5.75 Å². The van der Waals surface area contributed by atoms with Crippen molar-refractivity contribution in [3.8, 4) is 5.75 Å². The van der Waals surface area contributed by atoms with E-state index in [0.717, 1.165) is 33.7 Å². The highest BCUT2D eigenvalue weighted by atomic mass is 16.5. The molecule has 0 aromatic heterocycles. The summed E-state index contributed by atoms with van der Waals surface area (Å²) in [5, 5.41) is 17.1. The molecule has 3 unspecified atom stereocenters. The number of rotatable bonds is 18. The monoisotopic (exact) mass is 653 g/mol. The lowest BCUT2D eigenvalue weighted by atomic mass is 9.95. The summed E-state index contributed by atoms with van der Waals surface area (Å²) in [6.45, 7) is 11.7. The minimum absolute atomic E-state index is 0.0899. The Kier molecular flexibility index (Phi) is 17.8. The number of anilines is 1. The predicted octanol–water partition coefficient (Wildman–Crippen LogP) is 6.07. The van der Waals surface area contributed by atoms with E-state index < -0.39 is 12.0 Å². The maximum atomic E-state index is 13.3. The van der Waals surface area contributed by atoms with Gasteiger partial charge < -0.3 is 30.2 Å². The number of ether oxygens (including phenoxy) is 1. The molecule has 8 heteroatoms. The Morgan fingerprint density at radius 2 is 1.50 bits per heavy atom. The quantitative estimate of drug-likeness (QED) is 0.144. The summed E-state index contributed by atoms with van der Waals surface area (Å²) in [7, 11) is 1.85. The van der Waals surface area contributed by atoms with Crippen molar-refractivity contribution in [2.75, 3.05) is 25.1 Å². The molecule has 0 saturated heterocycles. The number of allylic oxidation sites excluding steroid dienone is 4. The highest BCUT2D eigenvalue weighted by Gasteiger charge is 2.23. The van der Waals surface area contributed by atoms with Gasteiger partial charge in [0.1, 0.15) is 18.6 Å². The SMILES string of the molecule is C=C/C=C\C(=C/C)CC(CCC(Cc1ccccc1)NC(=O)COc1c(C)cccc1C)NC(=O)C(O)CN(C)c1ccccc1.C=O. The van der Waals surface area contributed by atoms with E-state index in [-0.39, 0.29) is 31.1 Å². The Morgan fingerprint density at radius 3 is 2.10 bits per heavy atom. The summed E-state index contributed by atoms with van der Waals surface area (Å²) >= 11 is 0. The topological polar surface area (TPSA) is 108 Å². The van der Waals surface area contributed by atoms with Crippen LogP contribution in [-0.2, 0) is 20.8 Å². The van der Waals surface area contributed by atoms with Gasteiger partial charge >= 0.3 is 0 Å². The number of carbonyl (C=O) groups excluding carboxylic acids is 3. The van der Waals surface area contributed by atoms with Crippen molar-refractivity contribution in [1.29, 1.82) is 0 Å². The van der Waals surface area contributed by atoms with Crippen LogP contribution in [0.1, 0.15) is 42.9 Å². The van der Waals surface area contributed by atoms with E-state index >= 15 is 0 Å². The van der Waals surface area contributed by atoms with Crippen molar-refractivity contribution in [1.82, 2.24) is 10.6 Å². The van der Waals surface area contributed by atoms with Crippen LogP contribution in [0.3, 0.4) is 0 Å². The van der Waals surface area contributed by atoms with Gasteiger partial charge in [-0.25, -0.2) is 0 Å². The fraction of sp³-hybridized carbons (Fsp3) is 0.325. The first kappa shape index (κ1) is 39.2. The van der Waals surface area contributed by atoms with Crippen LogP contribution in [-0.4, -0.2) is 62.1 Å². The smallest absolute Gasteiger partial charge is 0.258 e. The molecule has 0 heterocycles. The van der Waals surface area contributed by atoms with Gasteiger partial charge in [0, 0.05) is 24.8 Å². The van der Waals surface area contributed by atoms with Gasteiger partial charge in [-0.1, -0.05) is 103 Å². The molecule has 48 heavy (non-hydrogen) atoms. The summed E-state index contributed by atoms with van der Waals surface area (Å²) < 4.78 is 5.93. The molecule has 0 radical (unpaired) electrons. The molecular formula is C40H51N3O5. The number of aliphatic hydroxyl groups excluding tert-OH is 1. The van der Waals surface area contributed by atoms with Crippen molar-refractivity contribution in [3.63, 3.8) is 0 Å². The first-order valence-corrected chi connectivity index (χ1v) is 16.2. The highest BCUT2D eigenvalue weighted by molar-refractivity contribution is 5.81. The molecule has 0 aliphatic rings. The Bertz CT molecular complexity index is 1450. The molecule has 3 aromatic carbocycles. The standard InChI is InChI=1S/C39H49N3O4.CH2O/c1-6-8-18-31(7-2)25-34(41-39(45)36(43)27-42(5)35-21-13-10-14-22-35)24-23-33(26-32-19-11-9-12-20-32)40-37(44)28-46-38-29(3)16-15-17-30(38)4;1-2/h6-22,33-34,36,43H,1,23-28H2,2-5H3,(H,40,44)(H,41,45);1H2/b18-8-,31-7+;. The average Bonchev–Trinajstić information content (AvgIpc) is 3.10. The second kappa shape index (κ2) is 21.8. The molecule has 3 rings (SSSR count). The lowest BCUT2D eigenvalue weighted by Gasteiger charge is -2.26. The number of aryl methyl sites for hydroxylation is 2. The molecule has 0 spiro atoms. The number of hydrogen-bond donors (Lipinski definition) is 3. The summed E-state index contributed by atoms with van der Waals surface area (Å²) in [5.74, 6) is 0.0937. The van der Waals surface area contributed by atoms with E-state index in [4.69, 9.17) is 9.53 Å². The van der Waals surface area contributed by atoms with Crippen LogP contribution < -0.4 is 20.3 Å². The van der Waals surface area contributed by atoms with Crippen molar-refractivity contribution in [2.24, 2.45) is 0 Å². The molecule has 0 bridgehead atoms. The Balaban J connectivity index is 0.00000392. The van der Waals surface area contributed by atoms with Gasteiger partial charge in [0.15, 0.2) is 6.61 Å². The molecule has 2 amide bonds. The van der Waals surface area contributed by atoms with Crippen LogP contribution in [0.4, 0.5) is 5.69 Å². The van der Waals surface area contributed by atoms with Crippen LogP contribution in [0, 0.1) is 13.8 Å². The zero-order valence-corrected chi connectivity index (χ0v) is 28.7. The van der Waals surface area contributed by atoms with Gasteiger partial charge in [0.05, 0.1) is 6.54 Å². The number of nitrogens with zero attached hydrogens (tertiary/aromatic N) is 1. The first-order valence-electron chi connectivity index (χ1n) is 16.2. The number of benzene rings is 3. The maximum absolute atomic E-state index is 13.3. The third-order valence-electron chi connectivity index (χ3n) is 7.90. The van der Waals surface area contributed by atoms with Crippen LogP contribution in [0.15, 0.2) is 115 Å². The Hall–Kier alpha value is -4.95. The van der Waals surface area contributed by atoms with E-state index in [2.05, 4.69) is 17.2 Å². The van der Waals surface area contributed by atoms with E-state index in [9.17, 15) is 14.7 Å². The van der Waals surface area contributed by atoms with Gasteiger partial charge in [-0.05, 0) is 75.3 Å².